The zero-order valence-corrected chi connectivity index (χ0v) is 15.5. The van der Waals surface area contributed by atoms with E-state index in [1.54, 1.807) is 41.7 Å². The maximum Gasteiger partial charge on any atom is 0.271 e. The van der Waals surface area contributed by atoms with Gasteiger partial charge in [0.1, 0.15) is 9.96 Å². The molecule has 0 spiro atoms. The smallest absolute Gasteiger partial charge is 0.271 e. The van der Waals surface area contributed by atoms with Gasteiger partial charge < -0.3 is 9.64 Å². The third-order valence-corrected chi connectivity index (χ3v) is 6.89. The summed E-state index contributed by atoms with van der Waals surface area (Å²) >= 11 is 1.05. The molecule has 1 aromatic heterocycles. The number of thiophene rings is 1. The number of anilines is 1. The van der Waals surface area contributed by atoms with Crippen LogP contribution in [0.1, 0.15) is 29.6 Å². The Labute approximate surface area is 151 Å². The number of methoxy groups -OCH3 is 1. The standard InChI is InChI=1S/C17H20N2O4S2/c1-23-15-7-5-14(6-8-15)18-25(21,22)16-11-13(12-24-16)17(20)19-9-3-2-4-10-19/h5-8,11-12,18H,2-4,9-10H2,1H3. The number of carbonyl (C=O) groups is 1. The largest absolute Gasteiger partial charge is 0.497 e. The van der Waals surface area contributed by atoms with Crippen molar-refractivity contribution >= 4 is 33.0 Å². The van der Waals surface area contributed by atoms with Gasteiger partial charge in [-0.25, -0.2) is 8.42 Å². The van der Waals surface area contributed by atoms with Crippen LogP contribution in [0.2, 0.25) is 0 Å². The number of ether oxygens (including phenoxy) is 1. The zero-order chi connectivity index (χ0) is 17.9. The minimum Gasteiger partial charge on any atom is -0.497 e. The second kappa shape index (κ2) is 7.45. The molecule has 0 atom stereocenters. The van der Waals surface area contributed by atoms with Crippen molar-refractivity contribution < 1.29 is 17.9 Å². The fourth-order valence-corrected chi connectivity index (χ4v) is 4.93. The normalized spacial score (nSPS) is 15.0. The topological polar surface area (TPSA) is 75.7 Å². The summed E-state index contributed by atoms with van der Waals surface area (Å²) in [6.45, 7) is 1.47. The molecule has 6 nitrogen and oxygen atoms in total. The lowest BCUT2D eigenvalue weighted by atomic mass is 10.1. The Morgan fingerprint density at radius 3 is 2.48 bits per heavy atom. The van der Waals surface area contributed by atoms with Gasteiger partial charge in [-0.05, 0) is 49.6 Å². The first kappa shape index (κ1) is 17.8. The first-order chi connectivity index (χ1) is 12.0. The second-order valence-electron chi connectivity index (χ2n) is 5.84. The number of benzene rings is 1. The van der Waals surface area contributed by atoms with Gasteiger partial charge >= 0.3 is 0 Å². The molecule has 0 unspecified atom stereocenters. The average molecular weight is 380 g/mol. The lowest BCUT2D eigenvalue weighted by molar-refractivity contribution is 0.0725. The zero-order valence-electron chi connectivity index (χ0n) is 13.9. The van der Waals surface area contributed by atoms with Gasteiger partial charge in [0.2, 0.25) is 0 Å². The summed E-state index contributed by atoms with van der Waals surface area (Å²) in [6, 6.07) is 8.07. The SMILES string of the molecule is COc1ccc(NS(=O)(=O)c2cc(C(=O)N3CCCCC3)cs2)cc1. The highest BCUT2D eigenvalue weighted by Crippen LogP contribution is 2.25. The molecule has 1 aliphatic heterocycles. The van der Waals surface area contributed by atoms with E-state index in [0.29, 0.717) is 17.0 Å². The molecule has 1 aliphatic rings. The predicted molar refractivity (Wildman–Crippen MR) is 97.9 cm³/mol. The Bertz CT molecular complexity index is 838. The van der Waals surface area contributed by atoms with E-state index in [2.05, 4.69) is 4.72 Å². The van der Waals surface area contributed by atoms with E-state index in [4.69, 9.17) is 4.74 Å². The van der Waals surface area contributed by atoms with E-state index in [1.165, 1.54) is 6.07 Å². The van der Waals surface area contributed by atoms with Gasteiger partial charge in [-0.3, -0.25) is 9.52 Å². The van der Waals surface area contributed by atoms with E-state index in [-0.39, 0.29) is 10.1 Å². The number of sulfonamides is 1. The van der Waals surface area contributed by atoms with Crippen molar-refractivity contribution in [3.05, 3.63) is 41.3 Å². The van der Waals surface area contributed by atoms with Gasteiger partial charge in [0.05, 0.1) is 12.7 Å². The van der Waals surface area contributed by atoms with E-state index in [9.17, 15) is 13.2 Å². The van der Waals surface area contributed by atoms with Crippen LogP contribution in [0.15, 0.2) is 39.9 Å². The van der Waals surface area contributed by atoms with E-state index in [0.717, 1.165) is 43.7 Å². The summed E-state index contributed by atoms with van der Waals surface area (Å²) in [4.78, 5) is 14.3. The van der Waals surface area contributed by atoms with Crippen LogP contribution in [-0.2, 0) is 10.0 Å². The van der Waals surface area contributed by atoms with Gasteiger partial charge in [-0.15, -0.1) is 11.3 Å². The molecule has 0 saturated carbocycles. The number of nitrogens with one attached hydrogen (secondary N) is 1. The molecule has 0 bridgehead atoms. The van der Waals surface area contributed by atoms with Crippen molar-refractivity contribution in [3.8, 4) is 5.75 Å². The van der Waals surface area contributed by atoms with Gasteiger partial charge in [0.25, 0.3) is 15.9 Å². The molecule has 2 heterocycles. The van der Waals surface area contributed by atoms with Crippen molar-refractivity contribution in [1.29, 1.82) is 0 Å². The van der Waals surface area contributed by atoms with Crippen molar-refractivity contribution in [1.82, 2.24) is 4.90 Å². The van der Waals surface area contributed by atoms with Crippen LogP contribution in [0.4, 0.5) is 5.69 Å². The monoisotopic (exact) mass is 380 g/mol. The Hall–Kier alpha value is -2.06. The predicted octanol–water partition coefficient (Wildman–Crippen LogP) is 3.18. The summed E-state index contributed by atoms with van der Waals surface area (Å²) in [6.07, 6.45) is 3.14. The van der Waals surface area contributed by atoms with Crippen LogP contribution in [0.25, 0.3) is 0 Å². The van der Waals surface area contributed by atoms with Crippen molar-refractivity contribution in [2.75, 3.05) is 24.9 Å². The Kier molecular flexibility index (Phi) is 5.29. The molecule has 25 heavy (non-hydrogen) atoms. The maximum atomic E-state index is 12.5. The highest BCUT2D eigenvalue weighted by atomic mass is 32.2. The van der Waals surface area contributed by atoms with Gasteiger partial charge in [0.15, 0.2) is 0 Å². The van der Waals surface area contributed by atoms with Crippen molar-refractivity contribution in [2.24, 2.45) is 0 Å². The molecule has 0 radical (unpaired) electrons. The Morgan fingerprint density at radius 2 is 1.84 bits per heavy atom. The highest BCUT2D eigenvalue weighted by Gasteiger charge is 2.23. The molecule has 1 saturated heterocycles. The lowest BCUT2D eigenvalue weighted by Crippen LogP contribution is -2.35. The molecule has 3 rings (SSSR count). The fraction of sp³-hybridized carbons (Fsp3) is 0.353. The number of likely N-dealkylation sites (tertiary alicyclic amines) is 1. The Balaban J connectivity index is 1.74. The van der Waals surface area contributed by atoms with E-state index < -0.39 is 10.0 Å². The number of amides is 1. The summed E-state index contributed by atoms with van der Waals surface area (Å²) < 4.78 is 32.7. The first-order valence-corrected chi connectivity index (χ1v) is 10.4. The van der Waals surface area contributed by atoms with Gasteiger partial charge in [-0.1, -0.05) is 0 Å². The molecule has 8 heteroatoms. The summed E-state index contributed by atoms with van der Waals surface area (Å²) in [7, 11) is -2.17. The minimum atomic E-state index is -3.72. The molecular formula is C17H20N2O4S2. The molecule has 1 fully saturated rings. The van der Waals surface area contributed by atoms with Crippen LogP contribution in [0.5, 0.6) is 5.75 Å². The lowest BCUT2D eigenvalue weighted by Gasteiger charge is -2.26. The maximum absolute atomic E-state index is 12.5. The first-order valence-electron chi connectivity index (χ1n) is 8.04. The van der Waals surface area contributed by atoms with Crippen molar-refractivity contribution in [2.45, 2.75) is 23.5 Å². The highest BCUT2D eigenvalue weighted by molar-refractivity contribution is 7.94. The third-order valence-electron chi connectivity index (χ3n) is 4.07. The average Bonchev–Trinajstić information content (AvgIpc) is 3.13. The van der Waals surface area contributed by atoms with E-state index >= 15 is 0 Å². The van der Waals surface area contributed by atoms with Crippen LogP contribution < -0.4 is 9.46 Å². The number of piperidine rings is 1. The van der Waals surface area contributed by atoms with E-state index in [1.807, 2.05) is 0 Å². The number of nitrogens with zero attached hydrogens (tertiary/aromatic N) is 1. The minimum absolute atomic E-state index is 0.0955. The summed E-state index contributed by atoms with van der Waals surface area (Å²) in [5, 5.41) is 1.61. The Morgan fingerprint density at radius 1 is 1.16 bits per heavy atom. The number of carbonyl (C=O) groups excluding carboxylic acids is 1. The van der Waals surface area contributed by atoms with Crippen LogP contribution >= 0.6 is 11.3 Å². The van der Waals surface area contributed by atoms with Crippen molar-refractivity contribution in [3.63, 3.8) is 0 Å². The molecule has 2 aromatic rings. The number of hydrogen-bond donors (Lipinski definition) is 1. The second-order valence-corrected chi connectivity index (χ2v) is 8.66. The molecular weight excluding hydrogens is 360 g/mol. The quantitative estimate of drug-likeness (QED) is 0.864. The molecule has 1 amide bonds. The van der Waals surface area contributed by atoms with Gasteiger partial charge in [-0.2, -0.15) is 0 Å². The summed E-state index contributed by atoms with van der Waals surface area (Å²) in [5.41, 5.74) is 0.875. The molecule has 134 valence electrons. The third kappa shape index (κ3) is 4.13. The molecule has 0 aliphatic carbocycles. The fourth-order valence-electron chi connectivity index (χ4n) is 2.71. The molecule has 1 aromatic carbocycles. The molecule has 1 N–H and O–H groups in total. The number of rotatable bonds is 5. The van der Waals surface area contributed by atoms with Crippen LogP contribution in [0.3, 0.4) is 0 Å². The number of hydrogen-bond acceptors (Lipinski definition) is 5. The van der Waals surface area contributed by atoms with Crippen LogP contribution in [0, 0.1) is 0 Å². The van der Waals surface area contributed by atoms with Crippen LogP contribution in [-0.4, -0.2) is 39.4 Å². The summed E-state index contributed by atoms with van der Waals surface area (Å²) in [5.74, 6) is 0.551. The van der Waals surface area contributed by atoms with Gasteiger partial charge in [0, 0.05) is 24.2 Å².